The van der Waals surface area contributed by atoms with Crippen molar-refractivity contribution in [2.24, 2.45) is 0 Å². The summed E-state index contributed by atoms with van der Waals surface area (Å²) in [4.78, 5) is 13.2. The van der Waals surface area contributed by atoms with Gasteiger partial charge in [0.15, 0.2) is 11.5 Å². The van der Waals surface area contributed by atoms with Crippen molar-refractivity contribution in [3.05, 3.63) is 46.8 Å². The summed E-state index contributed by atoms with van der Waals surface area (Å²) >= 11 is 0. The van der Waals surface area contributed by atoms with Gasteiger partial charge in [-0.1, -0.05) is 6.07 Å². The summed E-state index contributed by atoms with van der Waals surface area (Å²) in [5, 5.41) is 31.5. The number of hydrogen-bond acceptors (Lipinski definition) is 10. The van der Waals surface area contributed by atoms with Gasteiger partial charge in [0.25, 0.3) is 0 Å². The summed E-state index contributed by atoms with van der Waals surface area (Å²) < 4.78 is 33.1. The molecule has 0 spiro atoms. The first-order valence-corrected chi connectivity index (χ1v) is 10.6. The molecule has 2 aromatic carbocycles. The van der Waals surface area contributed by atoms with Crippen LogP contribution in [-0.4, -0.2) is 59.4 Å². The number of fused-ring (bicyclic) bond motifs is 2. The summed E-state index contributed by atoms with van der Waals surface area (Å²) in [7, 11) is 1.41. The predicted molar refractivity (Wildman–Crippen MR) is 118 cm³/mol. The highest BCUT2D eigenvalue weighted by atomic mass is 16.7. The molecular formula is C24H24O10. The van der Waals surface area contributed by atoms with E-state index in [1.54, 1.807) is 32.0 Å². The Kier molecular flexibility index (Phi) is 5.40. The van der Waals surface area contributed by atoms with E-state index in [-0.39, 0.29) is 34.8 Å². The zero-order chi connectivity index (χ0) is 24.2. The molecule has 1 saturated heterocycles. The number of aliphatic hydroxyl groups excluding tert-OH is 2. The van der Waals surface area contributed by atoms with E-state index in [9.17, 15) is 20.1 Å². The van der Waals surface area contributed by atoms with Crippen LogP contribution >= 0.6 is 0 Å². The van der Waals surface area contributed by atoms with Crippen molar-refractivity contribution in [1.82, 2.24) is 0 Å². The summed E-state index contributed by atoms with van der Waals surface area (Å²) in [5.41, 5.74) is -0.566. The Morgan fingerprint density at radius 1 is 1.06 bits per heavy atom. The van der Waals surface area contributed by atoms with Gasteiger partial charge in [0.1, 0.15) is 47.0 Å². The third kappa shape index (κ3) is 3.64. The van der Waals surface area contributed by atoms with E-state index >= 15 is 0 Å². The van der Waals surface area contributed by atoms with Gasteiger partial charge >= 0.3 is 0 Å². The van der Waals surface area contributed by atoms with Gasteiger partial charge in [0, 0.05) is 19.2 Å². The van der Waals surface area contributed by atoms with Crippen LogP contribution in [0.25, 0.3) is 22.1 Å². The first-order valence-electron chi connectivity index (χ1n) is 10.6. The number of phenols is 1. The van der Waals surface area contributed by atoms with E-state index in [0.717, 1.165) is 0 Å². The fraction of sp³-hybridized carbons (Fsp3) is 0.375. The monoisotopic (exact) mass is 472 g/mol. The zero-order valence-corrected chi connectivity index (χ0v) is 18.7. The number of rotatable bonds is 4. The van der Waals surface area contributed by atoms with Crippen molar-refractivity contribution in [3.8, 4) is 34.1 Å². The Morgan fingerprint density at radius 2 is 1.82 bits per heavy atom. The van der Waals surface area contributed by atoms with E-state index in [0.29, 0.717) is 17.1 Å². The maximum Gasteiger partial charge on any atom is 0.231 e. The van der Waals surface area contributed by atoms with Gasteiger partial charge in [-0.05, 0) is 31.5 Å². The quantitative estimate of drug-likeness (QED) is 0.518. The average molecular weight is 472 g/mol. The number of aromatic hydroxyl groups is 1. The molecule has 1 aromatic heterocycles. The molecule has 4 atom stereocenters. The number of methoxy groups -OCH3 is 1. The minimum atomic E-state index is -1.42. The Hall–Kier alpha value is -3.31. The highest BCUT2D eigenvalue weighted by Crippen LogP contribution is 2.37. The van der Waals surface area contributed by atoms with Crippen molar-refractivity contribution < 1.29 is 43.4 Å². The summed E-state index contributed by atoms with van der Waals surface area (Å²) in [5.74, 6) is 0.795. The molecule has 0 unspecified atom stereocenters. The molecule has 10 heteroatoms. The molecule has 3 aromatic rings. The zero-order valence-electron chi connectivity index (χ0n) is 18.7. The number of phenolic OH excluding ortho intramolecular Hbond substituents is 1. The van der Waals surface area contributed by atoms with E-state index in [1.807, 2.05) is 0 Å². The number of aliphatic hydroxyl groups is 2. The standard InChI is InChI=1S/C24H24O10/c1-24(2)22(29-3)20(27)21(28)23(34-24)33-12-7-14(25)18-17(8-12)30-9-13(19(18)26)11-4-5-15-16(6-11)32-10-31-15/h4-9,20-23,25,27-28H,10H2,1-3H3/t20-,21+,22+,23+/m0/s1. The number of hydrogen-bond donors (Lipinski definition) is 3. The van der Waals surface area contributed by atoms with Crippen LogP contribution < -0.4 is 19.6 Å². The summed E-state index contributed by atoms with van der Waals surface area (Å²) in [6.07, 6.45) is -3.44. The first kappa shape index (κ1) is 22.5. The SMILES string of the molecule is CO[C@@H]1[C@@H](O)[C@@H](O)[C@H](Oc2cc(O)c3c(=O)c(-c4ccc5c(c4)OCO5)coc3c2)OC1(C)C. The van der Waals surface area contributed by atoms with Gasteiger partial charge in [-0.2, -0.15) is 0 Å². The fourth-order valence-corrected chi connectivity index (χ4v) is 4.38. The van der Waals surface area contributed by atoms with Crippen LogP contribution in [0.3, 0.4) is 0 Å². The van der Waals surface area contributed by atoms with Gasteiger partial charge < -0.3 is 43.4 Å². The second-order valence-corrected chi connectivity index (χ2v) is 8.71. The maximum atomic E-state index is 13.2. The lowest BCUT2D eigenvalue weighted by molar-refractivity contribution is -0.305. The maximum absolute atomic E-state index is 13.2. The third-order valence-electron chi connectivity index (χ3n) is 6.06. The molecule has 0 bridgehead atoms. The van der Waals surface area contributed by atoms with Crippen LogP contribution in [0.15, 0.2) is 45.8 Å². The van der Waals surface area contributed by atoms with E-state index in [2.05, 4.69) is 0 Å². The van der Waals surface area contributed by atoms with Crippen LogP contribution in [0, 0.1) is 0 Å². The lowest BCUT2D eigenvalue weighted by Crippen LogP contribution is -2.63. The minimum Gasteiger partial charge on any atom is -0.507 e. The van der Waals surface area contributed by atoms with Crippen molar-refractivity contribution >= 4 is 11.0 Å². The van der Waals surface area contributed by atoms with Crippen LogP contribution in [0.4, 0.5) is 0 Å². The lowest BCUT2D eigenvalue weighted by Gasteiger charge is -2.46. The van der Waals surface area contributed by atoms with Crippen LogP contribution in [-0.2, 0) is 9.47 Å². The molecule has 0 aliphatic carbocycles. The van der Waals surface area contributed by atoms with Crippen molar-refractivity contribution in [1.29, 1.82) is 0 Å². The van der Waals surface area contributed by atoms with Gasteiger partial charge in [0.05, 0.1) is 11.2 Å². The molecule has 0 saturated carbocycles. The smallest absolute Gasteiger partial charge is 0.231 e. The minimum absolute atomic E-state index is 0.0348. The predicted octanol–water partition coefficient (Wildman–Crippen LogP) is 2.14. The summed E-state index contributed by atoms with van der Waals surface area (Å²) in [6.45, 7) is 3.50. The molecule has 2 aliphatic heterocycles. The largest absolute Gasteiger partial charge is 0.507 e. The van der Waals surface area contributed by atoms with E-state index in [1.165, 1.54) is 25.5 Å². The molecule has 5 rings (SSSR count). The number of ether oxygens (including phenoxy) is 5. The second kappa shape index (κ2) is 8.17. The molecule has 3 heterocycles. The Labute approximate surface area is 193 Å². The third-order valence-corrected chi connectivity index (χ3v) is 6.06. The van der Waals surface area contributed by atoms with Crippen molar-refractivity contribution in [2.45, 2.75) is 44.1 Å². The topological polar surface area (TPSA) is 137 Å². The molecular weight excluding hydrogens is 448 g/mol. The van der Waals surface area contributed by atoms with E-state index in [4.69, 9.17) is 28.1 Å². The molecule has 34 heavy (non-hydrogen) atoms. The molecule has 180 valence electrons. The highest BCUT2D eigenvalue weighted by molar-refractivity contribution is 5.88. The van der Waals surface area contributed by atoms with Gasteiger partial charge in [-0.3, -0.25) is 4.79 Å². The molecule has 0 radical (unpaired) electrons. The molecule has 0 amide bonds. The first-order chi connectivity index (χ1) is 16.2. The van der Waals surface area contributed by atoms with Gasteiger partial charge in [-0.25, -0.2) is 0 Å². The van der Waals surface area contributed by atoms with Crippen molar-refractivity contribution in [3.63, 3.8) is 0 Å². The van der Waals surface area contributed by atoms with Crippen LogP contribution in [0.1, 0.15) is 13.8 Å². The van der Waals surface area contributed by atoms with Crippen LogP contribution in [0.5, 0.6) is 23.0 Å². The lowest BCUT2D eigenvalue weighted by atomic mass is 9.89. The average Bonchev–Trinajstić information content (AvgIpc) is 3.25. The van der Waals surface area contributed by atoms with E-state index < -0.39 is 35.6 Å². The molecule has 10 nitrogen and oxygen atoms in total. The molecule has 3 N–H and O–H groups in total. The van der Waals surface area contributed by atoms with Crippen molar-refractivity contribution in [2.75, 3.05) is 13.9 Å². The van der Waals surface area contributed by atoms with Crippen LogP contribution in [0.2, 0.25) is 0 Å². The summed E-state index contributed by atoms with van der Waals surface area (Å²) in [6, 6.07) is 7.68. The molecule has 1 fully saturated rings. The Bertz CT molecular complexity index is 1300. The second-order valence-electron chi connectivity index (χ2n) is 8.71. The Morgan fingerprint density at radius 3 is 2.59 bits per heavy atom. The number of benzene rings is 2. The Balaban J connectivity index is 1.47. The molecule has 2 aliphatic rings. The fourth-order valence-electron chi connectivity index (χ4n) is 4.38. The normalized spacial score (nSPS) is 25.4. The highest BCUT2D eigenvalue weighted by Gasteiger charge is 2.50. The van der Waals surface area contributed by atoms with Gasteiger partial charge in [-0.15, -0.1) is 0 Å². The van der Waals surface area contributed by atoms with Gasteiger partial charge in [0.2, 0.25) is 18.5 Å².